The first-order valence-electron chi connectivity index (χ1n) is 10.2. The summed E-state index contributed by atoms with van der Waals surface area (Å²) in [5.41, 5.74) is 0.802. The second-order valence-corrected chi connectivity index (χ2v) is 7.78. The Morgan fingerprint density at radius 3 is 2.72 bits per heavy atom. The molecule has 0 amide bonds. The van der Waals surface area contributed by atoms with Crippen LogP contribution in [0, 0.1) is 5.82 Å². The lowest BCUT2D eigenvalue weighted by atomic mass is 10.0. The van der Waals surface area contributed by atoms with Crippen LogP contribution in [-0.4, -0.2) is 54.0 Å². The number of carbonyl (C=O) groups is 1. The van der Waals surface area contributed by atoms with Crippen LogP contribution in [0.1, 0.15) is 0 Å². The van der Waals surface area contributed by atoms with Crippen LogP contribution < -0.4 is 15.0 Å². The fourth-order valence-corrected chi connectivity index (χ4v) is 4.28. The van der Waals surface area contributed by atoms with E-state index in [1.807, 2.05) is 29.2 Å². The number of aromatic nitrogens is 3. The van der Waals surface area contributed by atoms with Gasteiger partial charge in [0.15, 0.2) is 12.1 Å². The summed E-state index contributed by atoms with van der Waals surface area (Å²) in [5.74, 6) is -0.0593. The monoisotopic (exact) mass is 451 g/mol. The van der Waals surface area contributed by atoms with Gasteiger partial charge in [0.05, 0.1) is 5.39 Å². The van der Waals surface area contributed by atoms with Gasteiger partial charge in [-0.05, 0) is 11.5 Å². The highest BCUT2D eigenvalue weighted by Crippen LogP contribution is 2.37. The maximum Gasteiger partial charge on any atom is 0.319 e. The van der Waals surface area contributed by atoms with Gasteiger partial charge in [-0.1, -0.05) is 41.9 Å². The maximum atomic E-state index is 15.9. The highest BCUT2D eigenvalue weighted by molar-refractivity contribution is 6.36. The summed E-state index contributed by atoms with van der Waals surface area (Å²) in [5, 5.41) is 5.88. The molecule has 7 nitrogen and oxygen atoms in total. The standard InChI is InChI=1S/C23H19ClFN5O2/c24-17-6-2-4-14-3-1-5-15(18(14)17)20-19(25)21-16(13-27-20)22(30-9-7-26-8-10-30)29-23(28-21)32-12-11-31/h1-6,11,13,26H,7-10,12H2. The van der Waals surface area contributed by atoms with Crippen LogP contribution in [0.3, 0.4) is 0 Å². The van der Waals surface area contributed by atoms with Crippen LogP contribution in [-0.2, 0) is 4.79 Å². The number of anilines is 1. The third kappa shape index (κ3) is 3.61. The van der Waals surface area contributed by atoms with Crippen LogP contribution in [0.4, 0.5) is 10.2 Å². The van der Waals surface area contributed by atoms with Crippen molar-refractivity contribution in [3.8, 4) is 17.3 Å². The van der Waals surface area contributed by atoms with Crippen molar-refractivity contribution in [1.82, 2.24) is 20.3 Å². The van der Waals surface area contributed by atoms with Gasteiger partial charge in [0.1, 0.15) is 23.6 Å². The molecule has 2 aromatic heterocycles. The molecule has 9 heteroatoms. The van der Waals surface area contributed by atoms with Crippen molar-refractivity contribution in [1.29, 1.82) is 0 Å². The number of benzene rings is 2. The number of rotatable bonds is 5. The lowest BCUT2D eigenvalue weighted by molar-refractivity contribution is -0.109. The third-order valence-electron chi connectivity index (χ3n) is 5.45. The zero-order valence-electron chi connectivity index (χ0n) is 17.0. The molecule has 3 heterocycles. The molecule has 1 aliphatic rings. The predicted molar refractivity (Wildman–Crippen MR) is 122 cm³/mol. The van der Waals surface area contributed by atoms with Gasteiger partial charge in [-0.3, -0.25) is 9.78 Å². The van der Waals surface area contributed by atoms with E-state index in [0.29, 0.717) is 41.2 Å². The minimum Gasteiger partial charge on any atom is -0.456 e. The molecule has 0 saturated carbocycles. The molecule has 0 atom stereocenters. The number of carbonyl (C=O) groups excluding carboxylic acids is 1. The highest BCUT2D eigenvalue weighted by Gasteiger charge is 2.23. The molecule has 32 heavy (non-hydrogen) atoms. The van der Waals surface area contributed by atoms with Crippen LogP contribution in [0.5, 0.6) is 6.01 Å². The molecule has 0 spiro atoms. The van der Waals surface area contributed by atoms with Crippen molar-refractivity contribution < 1.29 is 13.9 Å². The molecule has 1 saturated heterocycles. The van der Waals surface area contributed by atoms with Crippen molar-refractivity contribution in [3.05, 3.63) is 53.4 Å². The molecular weight excluding hydrogens is 433 g/mol. The average molecular weight is 452 g/mol. The van der Waals surface area contributed by atoms with Gasteiger partial charge in [-0.2, -0.15) is 9.97 Å². The second kappa shape index (κ2) is 8.64. The largest absolute Gasteiger partial charge is 0.456 e. The predicted octanol–water partition coefficient (Wildman–Crippen LogP) is 3.62. The summed E-state index contributed by atoms with van der Waals surface area (Å²) in [4.78, 5) is 26.0. The number of hydrogen-bond acceptors (Lipinski definition) is 7. The van der Waals surface area contributed by atoms with Gasteiger partial charge >= 0.3 is 6.01 Å². The van der Waals surface area contributed by atoms with Crippen molar-refractivity contribution in [2.75, 3.05) is 37.7 Å². The zero-order chi connectivity index (χ0) is 22.1. The Balaban J connectivity index is 1.74. The van der Waals surface area contributed by atoms with E-state index >= 15 is 4.39 Å². The molecule has 4 aromatic rings. The summed E-state index contributed by atoms with van der Waals surface area (Å²) in [7, 11) is 0. The van der Waals surface area contributed by atoms with Gasteiger partial charge in [0.25, 0.3) is 0 Å². The fraction of sp³-hybridized carbons (Fsp3) is 0.217. The number of hydrogen-bond donors (Lipinski definition) is 1. The Bertz CT molecular complexity index is 1320. The van der Waals surface area contributed by atoms with Gasteiger partial charge in [0, 0.05) is 48.3 Å². The molecule has 0 radical (unpaired) electrons. The number of halogens is 2. The molecule has 1 aliphatic heterocycles. The van der Waals surface area contributed by atoms with Gasteiger partial charge in [-0.15, -0.1) is 0 Å². The summed E-state index contributed by atoms with van der Waals surface area (Å²) in [6, 6.07) is 11.0. The quantitative estimate of drug-likeness (QED) is 0.464. The molecule has 1 N–H and O–H groups in total. The Morgan fingerprint density at radius 1 is 1.16 bits per heavy atom. The molecule has 0 unspecified atom stereocenters. The van der Waals surface area contributed by atoms with E-state index in [2.05, 4.69) is 20.3 Å². The number of piperazine rings is 1. The van der Waals surface area contributed by atoms with E-state index in [1.54, 1.807) is 18.3 Å². The highest BCUT2D eigenvalue weighted by atomic mass is 35.5. The number of aldehydes is 1. The van der Waals surface area contributed by atoms with E-state index in [1.165, 1.54) is 0 Å². The van der Waals surface area contributed by atoms with E-state index in [4.69, 9.17) is 16.3 Å². The molecule has 2 aromatic carbocycles. The number of fused-ring (bicyclic) bond motifs is 2. The summed E-state index contributed by atoms with van der Waals surface area (Å²) < 4.78 is 21.3. The number of nitrogens with zero attached hydrogens (tertiary/aromatic N) is 4. The van der Waals surface area contributed by atoms with Crippen LogP contribution >= 0.6 is 11.6 Å². The summed E-state index contributed by atoms with van der Waals surface area (Å²) in [6.07, 6.45) is 2.19. The molecule has 5 rings (SSSR count). The first-order valence-corrected chi connectivity index (χ1v) is 10.6. The van der Waals surface area contributed by atoms with E-state index < -0.39 is 5.82 Å². The Labute approximate surface area is 188 Å². The summed E-state index contributed by atoms with van der Waals surface area (Å²) in [6.45, 7) is 2.73. The SMILES string of the molecule is O=CCOc1nc(N2CCNCC2)c2cnc(-c3cccc4cccc(Cl)c34)c(F)c2n1. The minimum absolute atomic E-state index is 0.0508. The molecular formula is C23H19ClFN5O2. The minimum atomic E-state index is -0.593. The van der Waals surface area contributed by atoms with Gasteiger partial charge < -0.3 is 15.0 Å². The van der Waals surface area contributed by atoms with Crippen LogP contribution in [0.2, 0.25) is 5.02 Å². The molecule has 1 fully saturated rings. The van der Waals surface area contributed by atoms with E-state index in [-0.39, 0.29) is 23.8 Å². The lowest BCUT2D eigenvalue weighted by Gasteiger charge is -2.29. The molecule has 0 aliphatic carbocycles. The van der Waals surface area contributed by atoms with Gasteiger partial charge in [0.2, 0.25) is 0 Å². The Hall–Kier alpha value is -3.36. The van der Waals surface area contributed by atoms with Crippen molar-refractivity contribution in [2.45, 2.75) is 0 Å². The third-order valence-corrected chi connectivity index (χ3v) is 5.76. The van der Waals surface area contributed by atoms with Crippen molar-refractivity contribution in [2.24, 2.45) is 0 Å². The normalized spacial score (nSPS) is 14.1. The Kier molecular flexibility index (Phi) is 5.55. The first-order chi connectivity index (χ1) is 15.7. The molecule has 0 bridgehead atoms. The summed E-state index contributed by atoms with van der Waals surface area (Å²) >= 11 is 6.45. The fourth-order valence-electron chi connectivity index (χ4n) is 3.99. The number of ether oxygens (including phenoxy) is 1. The van der Waals surface area contributed by atoms with Crippen LogP contribution in [0.15, 0.2) is 42.6 Å². The maximum absolute atomic E-state index is 15.9. The first kappa shape index (κ1) is 20.5. The Morgan fingerprint density at radius 2 is 1.94 bits per heavy atom. The second-order valence-electron chi connectivity index (χ2n) is 7.37. The number of nitrogens with one attached hydrogen (secondary N) is 1. The lowest BCUT2D eigenvalue weighted by Crippen LogP contribution is -2.44. The smallest absolute Gasteiger partial charge is 0.319 e. The zero-order valence-corrected chi connectivity index (χ0v) is 17.8. The number of pyridine rings is 1. The topological polar surface area (TPSA) is 80.2 Å². The van der Waals surface area contributed by atoms with E-state index in [0.717, 1.165) is 23.9 Å². The van der Waals surface area contributed by atoms with Crippen molar-refractivity contribution in [3.63, 3.8) is 0 Å². The average Bonchev–Trinajstić information content (AvgIpc) is 2.83. The van der Waals surface area contributed by atoms with Gasteiger partial charge in [-0.25, -0.2) is 4.39 Å². The molecule has 162 valence electrons. The van der Waals surface area contributed by atoms with E-state index in [9.17, 15) is 4.79 Å². The van der Waals surface area contributed by atoms with Crippen molar-refractivity contribution >= 4 is 45.4 Å². The van der Waals surface area contributed by atoms with Crippen LogP contribution in [0.25, 0.3) is 32.9 Å².